The number of H-pyrrole nitrogens is 1. The first-order valence-electron chi connectivity index (χ1n) is 6.30. The zero-order chi connectivity index (χ0) is 14.8. The first kappa shape index (κ1) is 13.5. The molecule has 8 heteroatoms. The van der Waals surface area contributed by atoms with Gasteiger partial charge in [0.2, 0.25) is 5.91 Å². The Kier molecular flexibility index (Phi) is 3.53. The number of imidazole rings is 1. The van der Waals surface area contributed by atoms with Crippen molar-refractivity contribution in [3.8, 4) is 0 Å². The van der Waals surface area contributed by atoms with Crippen molar-refractivity contribution in [1.82, 2.24) is 24.4 Å². The highest BCUT2D eigenvalue weighted by atomic mass is 32.1. The Balaban J connectivity index is 1.76. The molecular weight excluding hydrogens is 290 g/mol. The van der Waals surface area contributed by atoms with Crippen LogP contribution in [0.15, 0.2) is 35.0 Å². The third-order valence-corrected chi connectivity index (χ3v) is 3.94. The fourth-order valence-corrected chi connectivity index (χ4v) is 2.69. The van der Waals surface area contributed by atoms with E-state index in [2.05, 4.69) is 15.0 Å². The van der Waals surface area contributed by atoms with Crippen LogP contribution < -0.4 is 5.56 Å². The Bertz CT molecular complexity index is 821. The molecule has 0 aliphatic heterocycles. The molecule has 1 N–H and O–H groups in total. The second-order valence-electron chi connectivity index (χ2n) is 4.60. The van der Waals surface area contributed by atoms with Gasteiger partial charge in [-0.15, -0.1) is 11.3 Å². The molecule has 0 radical (unpaired) electrons. The molecule has 1 amide bonds. The molecule has 3 rings (SSSR count). The fraction of sp³-hybridized carbons (Fsp3) is 0.231. The number of hydrogen-bond acceptors (Lipinski definition) is 5. The molecule has 3 aromatic heterocycles. The lowest BCUT2D eigenvalue weighted by atomic mass is 10.4. The van der Waals surface area contributed by atoms with Gasteiger partial charge in [0, 0.05) is 19.4 Å². The van der Waals surface area contributed by atoms with E-state index >= 15 is 0 Å². The lowest BCUT2D eigenvalue weighted by Gasteiger charge is -2.16. The Labute approximate surface area is 123 Å². The quantitative estimate of drug-likeness (QED) is 0.774. The van der Waals surface area contributed by atoms with Crippen molar-refractivity contribution in [2.45, 2.75) is 13.1 Å². The number of rotatable bonds is 4. The topological polar surface area (TPSA) is 83.9 Å². The minimum absolute atomic E-state index is 0.0329. The lowest BCUT2D eigenvalue weighted by Crippen LogP contribution is -2.33. The molecule has 0 saturated heterocycles. The van der Waals surface area contributed by atoms with Crippen LogP contribution in [0, 0.1) is 0 Å². The van der Waals surface area contributed by atoms with Gasteiger partial charge in [-0.25, -0.2) is 9.97 Å². The van der Waals surface area contributed by atoms with Crippen LogP contribution in [-0.2, 0) is 17.9 Å². The third kappa shape index (κ3) is 2.70. The summed E-state index contributed by atoms with van der Waals surface area (Å²) in [5.74, 6) is 0.523. The lowest BCUT2D eigenvalue weighted by molar-refractivity contribution is -0.131. The molecule has 0 aromatic carbocycles. The molecular formula is C13H13N5O2S. The number of hydrogen-bond donors (Lipinski definition) is 1. The number of carbonyl (C=O) groups is 1. The van der Waals surface area contributed by atoms with Crippen LogP contribution in [0.4, 0.5) is 0 Å². The van der Waals surface area contributed by atoms with Crippen LogP contribution in [0.3, 0.4) is 0 Å². The van der Waals surface area contributed by atoms with Crippen LogP contribution in [-0.4, -0.2) is 37.4 Å². The van der Waals surface area contributed by atoms with E-state index in [4.69, 9.17) is 0 Å². The van der Waals surface area contributed by atoms with Gasteiger partial charge in [-0.2, -0.15) is 0 Å². The Morgan fingerprint density at radius 3 is 3.10 bits per heavy atom. The van der Waals surface area contributed by atoms with Gasteiger partial charge >= 0.3 is 0 Å². The second kappa shape index (κ2) is 5.49. The monoisotopic (exact) mass is 303 g/mol. The summed E-state index contributed by atoms with van der Waals surface area (Å²) in [7, 11) is 1.67. The zero-order valence-electron chi connectivity index (χ0n) is 11.3. The van der Waals surface area contributed by atoms with Crippen LogP contribution in [0.2, 0.25) is 0 Å². The van der Waals surface area contributed by atoms with E-state index in [1.165, 1.54) is 27.1 Å². The third-order valence-electron chi connectivity index (χ3n) is 3.12. The molecule has 0 atom stereocenters. The molecule has 0 fully saturated rings. The van der Waals surface area contributed by atoms with E-state index < -0.39 is 0 Å². The van der Waals surface area contributed by atoms with Gasteiger partial charge in [0.25, 0.3) is 5.56 Å². The summed E-state index contributed by atoms with van der Waals surface area (Å²) < 4.78 is 1.33. The second-order valence-corrected chi connectivity index (χ2v) is 5.50. The van der Waals surface area contributed by atoms with Crippen molar-refractivity contribution >= 4 is 27.5 Å². The number of likely N-dealkylation sites (N-methyl/N-ethyl adjacent to an activating group) is 1. The molecule has 0 spiro atoms. The first-order valence-corrected chi connectivity index (χ1v) is 7.18. The summed E-state index contributed by atoms with van der Waals surface area (Å²) >= 11 is 1.41. The number of nitrogens with one attached hydrogen (secondary N) is 1. The van der Waals surface area contributed by atoms with Crippen molar-refractivity contribution in [3.63, 3.8) is 0 Å². The Morgan fingerprint density at radius 1 is 1.48 bits per heavy atom. The van der Waals surface area contributed by atoms with E-state index in [-0.39, 0.29) is 18.0 Å². The highest BCUT2D eigenvalue weighted by Crippen LogP contribution is 2.13. The Morgan fingerprint density at radius 2 is 2.33 bits per heavy atom. The van der Waals surface area contributed by atoms with E-state index in [1.54, 1.807) is 25.5 Å². The molecule has 0 aliphatic carbocycles. The number of aromatic amines is 1. The van der Waals surface area contributed by atoms with Gasteiger partial charge in [0.05, 0.1) is 18.3 Å². The van der Waals surface area contributed by atoms with Gasteiger partial charge in [0.1, 0.15) is 17.2 Å². The maximum Gasteiger partial charge on any atom is 0.262 e. The van der Waals surface area contributed by atoms with Crippen LogP contribution in [0.25, 0.3) is 10.2 Å². The minimum atomic E-state index is -0.194. The van der Waals surface area contributed by atoms with Gasteiger partial charge in [-0.1, -0.05) is 0 Å². The molecule has 0 unspecified atom stereocenters. The smallest absolute Gasteiger partial charge is 0.262 e. The Hall–Kier alpha value is -2.48. The predicted molar refractivity (Wildman–Crippen MR) is 78.9 cm³/mol. The highest BCUT2D eigenvalue weighted by molar-refractivity contribution is 7.16. The van der Waals surface area contributed by atoms with Gasteiger partial charge < -0.3 is 9.88 Å². The standard InChI is InChI=1S/C13H13N5O2S/c1-17(6-10-14-3-4-15-10)11(19)7-18-8-16-12-9(13(18)20)2-5-21-12/h2-5,8H,6-7H2,1H3,(H,14,15). The summed E-state index contributed by atoms with van der Waals surface area (Å²) in [6.45, 7) is 0.337. The van der Waals surface area contributed by atoms with E-state index in [1.807, 2.05) is 5.38 Å². The maximum atomic E-state index is 12.2. The SMILES string of the molecule is CN(Cc1ncc[nH]1)C(=O)Cn1cnc2sccc2c1=O. The summed E-state index contributed by atoms with van der Waals surface area (Å²) in [4.78, 5) is 37.8. The largest absolute Gasteiger partial charge is 0.347 e. The first-order chi connectivity index (χ1) is 10.1. The molecule has 108 valence electrons. The summed E-state index contributed by atoms with van der Waals surface area (Å²) in [5, 5.41) is 2.36. The molecule has 0 saturated carbocycles. The van der Waals surface area contributed by atoms with E-state index in [0.717, 1.165) is 0 Å². The minimum Gasteiger partial charge on any atom is -0.347 e. The van der Waals surface area contributed by atoms with Crippen molar-refractivity contribution in [2.75, 3.05) is 7.05 Å². The number of amides is 1. The summed E-state index contributed by atoms with van der Waals surface area (Å²) in [5.41, 5.74) is -0.194. The van der Waals surface area contributed by atoms with Crippen LogP contribution in [0.1, 0.15) is 5.82 Å². The van der Waals surface area contributed by atoms with Gasteiger partial charge in [0.15, 0.2) is 0 Å². The fourth-order valence-electron chi connectivity index (χ4n) is 1.97. The molecule has 0 aliphatic rings. The normalized spacial score (nSPS) is 10.9. The molecule has 3 aromatic rings. The van der Waals surface area contributed by atoms with Crippen molar-refractivity contribution < 1.29 is 4.79 Å². The number of thiophene rings is 1. The van der Waals surface area contributed by atoms with Crippen molar-refractivity contribution in [1.29, 1.82) is 0 Å². The average Bonchev–Trinajstić information content (AvgIpc) is 3.12. The van der Waals surface area contributed by atoms with Crippen molar-refractivity contribution in [2.24, 2.45) is 0 Å². The van der Waals surface area contributed by atoms with E-state index in [0.29, 0.717) is 22.6 Å². The number of nitrogens with zero attached hydrogens (tertiary/aromatic N) is 4. The number of carbonyl (C=O) groups excluding carboxylic acids is 1. The summed E-state index contributed by atoms with van der Waals surface area (Å²) in [6.07, 6.45) is 4.75. The zero-order valence-corrected chi connectivity index (χ0v) is 12.1. The number of aromatic nitrogens is 4. The molecule has 21 heavy (non-hydrogen) atoms. The average molecular weight is 303 g/mol. The van der Waals surface area contributed by atoms with Crippen molar-refractivity contribution in [3.05, 3.63) is 46.3 Å². The maximum absolute atomic E-state index is 12.2. The van der Waals surface area contributed by atoms with E-state index in [9.17, 15) is 9.59 Å². The number of fused-ring (bicyclic) bond motifs is 1. The van der Waals surface area contributed by atoms with Crippen LogP contribution in [0.5, 0.6) is 0 Å². The molecule has 0 bridgehead atoms. The summed E-state index contributed by atoms with van der Waals surface area (Å²) in [6, 6.07) is 1.73. The predicted octanol–water partition coefficient (Wildman–Crippen LogP) is 0.840. The van der Waals surface area contributed by atoms with Gasteiger partial charge in [-0.05, 0) is 11.4 Å². The highest BCUT2D eigenvalue weighted by Gasteiger charge is 2.13. The molecule has 7 nitrogen and oxygen atoms in total. The molecule has 3 heterocycles. The van der Waals surface area contributed by atoms with Crippen LogP contribution >= 0.6 is 11.3 Å². The van der Waals surface area contributed by atoms with Gasteiger partial charge in [-0.3, -0.25) is 14.2 Å².